The fourth-order valence-corrected chi connectivity index (χ4v) is 1.35. The van der Waals surface area contributed by atoms with Crippen LogP contribution in [0, 0.1) is 0 Å². The van der Waals surface area contributed by atoms with E-state index >= 15 is 0 Å². The van der Waals surface area contributed by atoms with E-state index < -0.39 is 11.6 Å². The van der Waals surface area contributed by atoms with Gasteiger partial charge in [-0.1, -0.05) is 36.4 Å². The summed E-state index contributed by atoms with van der Waals surface area (Å²) in [7, 11) is 0. The molecule has 0 aromatic heterocycles. The summed E-state index contributed by atoms with van der Waals surface area (Å²) in [6, 6.07) is 9.93. The van der Waals surface area contributed by atoms with Crippen molar-refractivity contribution in [1.29, 1.82) is 0 Å². The molecule has 0 radical (unpaired) electrons. The first-order valence-electron chi connectivity index (χ1n) is 6.32. The summed E-state index contributed by atoms with van der Waals surface area (Å²) in [5.41, 5.74) is 0.655. The Morgan fingerprint density at radius 1 is 1.35 bits per heavy atom. The Bertz CT molecular complexity index is 416. The number of benzene rings is 1. The molecule has 0 bridgehead atoms. The van der Waals surface area contributed by atoms with Crippen molar-refractivity contribution >= 4 is 5.97 Å². The standard InChI is InChI=1S/C15H20O2/c1-15(2,3)17-14(16)12-8-7-11-13-9-5-4-6-10-13/h4-6,8-10,12H,7,11H2,1-3H3/b12-8+/i12D. The molecule has 1 aromatic carbocycles. The minimum Gasteiger partial charge on any atom is -0.457 e. The van der Waals surface area contributed by atoms with Gasteiger partial charge in [0.2, 0.25) is 0 Å². The average Bonchev–Trinajstić information content (AvgIpc) is 2.28. The first-order chi connectivity index (χ1) is 8.38. The van der Waals surface area contributed by atoms with Crippen molar-refractivity contribution in [2.24, 2.45) is 0 Å². The van der Waals surface area contributed by atoms with Crippen molar-refractivity contribution in [3.05, 3.63) is 48.0 Å². The Labute approximate surface area is 105 Å². The van der Waals surface area contributed by atoms with Gasteiger partial charge in [0.15, 0.2) is 0 Å². The molecule has 17 heavy (non-hydrogen) atoms. The van der Waals surface area contributed by atoms with Gasteiger partial charge in [-0.3, -0.25) is 0 Å². The molecule has 2 heteroatoms. The molecule has 0 aliphatic carbocycles. The zero-order valence-corrected chi connectivity index (χ0v) is 10.7. The molecular weight excluding hydrogens is 212 g/mol. The van der Waals surface area contributed by atoms with Crippen LogP contribution in [-0.2, 0) is 16.0 Å². The second kappa shape index (κ2) is 6.24. The molecule has 1 rings (SSSR count). The molecule has 0 saturated carbocycles. The number of hydrogen-bond acceptors (Lipinski definition) is 2. The van der Waals surface area contributed by atoms with Gasteiger partial charge in [0.1, 0.15) is 5.60 Å². The fraction of sp³-hybridized carbons (Fsp3) is 0.400. The van der Waals surface area contributed by atoms with Gasteiger partial charge in [-0.15, -0.1) is 0 Å². The molecule has 0 saturated heterocycles. The quantitative estimate of drug-likeness (QED) is 0.587. The van der Waals surface area contributed by atoms with Gasteiger partial charge in [0, 0.05) is 6.05 Å². The smallest absolute Gasteiger partial charge is 0.330 e. The molecule has 0 aliphatic rings. The number of carbonyl (C=O) groups excluding carboxylic acids is 1. The van der Waals surface area contributed by atoms with Gasteiger partial charge in [0.05, 0.1) is 1.37 Å². The third-order valence-electron chi connectivity index (χ3n) is 2.04. The highest BCUT2D eigenvalue weighted by Crippen LogP contribution is 2.08. The Morgan fingerprint density at radius 3 is 2.59 bits per heavy atom. The zero-order valence-electron chi connectivity index (χ0n) is 11.7. The van der Waals surface area contributed by atoms with Crippen LogP contribution in [0.2, 0.25) is 0 Å². The third kappa shape index (κ3) is 6.56. The Morgan fingerprint density at radius 2 is 2.00 bits per heavy atom. The van der Waals surface area contributed by atoms with Crippen molar-refractivity contribution in [3.8, 4) is 0 Å². The van der Waals surface area contributed by atoms with Crippen molar-refractivity contribution in [2.45, 2.75) is 39.2 Å². The van der Waals surface area contributed by atoms with Gasteiger partial charge in [-0.2, -0.15) is 0 Å². The maximum absolute atomic E-state index is 11.5. The van der Waals surface area contributed by atoms with Gasteiger partial charge in [0.25, 0.3) is 0 Å². The Kier molecular flexibility index (Phi) is 4.37. The molecule has 0 amide bonds. The predicted octanol–water partition coefficient (Wildman–Crippen LogP) is 3.52. The second-order valence-electron chi connectivity index (χ2n) is 4.87. The number of allylic oxidation sites excluding steroid dienone is 1. The lowest BCUT2D eigenvalue weighted by Crippen LogP contribution is -2.22. The number of esters is 1. The molecule has 0 atom stereocenters. The molecular formula is C15H20O2. The molecule has 0 aliphatic heterocycles. The maximum atomic E-state index is 11.5. The van der Waals surface area contributed by atoms with E-state index in [0.29, 0.717) is 6.42 Å². The van der Waals surface area contributed by atoms with Crippen LogP contribution in [0.15, 0.2) is 42.5 Å². The monoisotopic (exact) mass is 233 g/mol. The molecule has 1 aromatic rings. The average molecular weight is 233 g/mol. The predicted molar refractivity (Wildman–Crippen MR) is 69.7 cm³/mol. The summed E-state index contributed by atoms with van der Waals surface area (Å²) in [6.07, 6.45) is 3.11. The van der Waals surface area contributed by atoms with E-state index in [0.717, 1.165) is 6.42 Å². The summed E-state index contributed by atoms with van der Waals surface area (Å²) in [4.78, 5) is 11.5. The van der Waals surface area contributed by atoms with Crippen molar-refractivity contribution in [2.75, 3.05) is 0 Å². The summed E-state index contributed by atoms with van der Waals surface area (Å²) < 4.78 is 12.7. The third-order valence-corrected chi connectivity index (χ3v) is 2.04. The minimum atomic E-state index is -0.560. The lowest BCUT2D eigenvalue weighted by molar-refractivity contribution is -0.148. The zero-order chi connectivity index (χ0) is 13.6. The highest BCUT2D eigenvalue weighted by atomic mass is 16.6. The van der Waals surface area contributed by atoms with E-state index in [2.05, 4.69) is 0 Å². The van der Waals surface area contributed by atoms with Crippen LogP contribution in [0.5, 0.6) is 0 Å². The first-order valence-corrected chi connectivity index (χ1v) is 5.82. The van der Waals surface area contributed by atoms with Gasteiger partial charge in [-0.25, -0.2) is 4.79 Å². The molecule has 0 spiro atoms. The molecule has 0 heterocycles. The van der Waals surface area contributed by atoms with Crippen LogP contribution in [0.1, 0.15) is 34.1 Å². The van der Waals surface area contributed by atoms with E-state index in [1.54, 1.807) is 26.8 Å². The van der Waals surface area contributed by atoms with Gasteiger partial charge in [-0.05, 0) is 39.2 Å². The van der Waals surface area contributed by atoms with Crippen molar-refractivity contribution < 1.29 is 10.9 Å². The number of carbonyl (C=O) groups is 1. The van der Waals surface area contributed by atoms with E-state index in [9.17, 15) is 4.79 Å². The fourth-order valence-electron chi connectivity index (χ4n) is 1.35. The number of ether oxygens (including phenoxy) is 1. The summed E-state index contributed by atoms with van der Waals surface area (Å²) in [6.45, 7) is 5.38. The van der Waals surface area contributed by atoms with Crippen molar-refractivity contribution in [1.82, 2.24) is 0 Å². The van der Waals surface area contributed by atoms with E-state index in [1.807, 2.05) is 30.3 Å². The van der Waals surface area contributed by atoms with Crippen LogP contribution in [0.3, 0.4) is 0 Å². The second-order valence-corrected chi connectivity index (χ2v) is 4.87. The van der Waals surface area contributed by atoms with Crippen LogP contribution in [-0.4, -0.2) is 11.6 Å². The molecule has 92 valence electrons. The van der Waals surface area contributed by atoms with Gasteiger partial charge >= 0.3 is 5.97 Å². The summed E-state index contributed by atoms with van der Waals surface area (Å²) in [5, 5.41) is 0. The van der Waals surface area contributed by atoms with Crippen LogP contribution in [0.4, 0.5) is 0 Å². The number of aryl methyl sites for hydroxylation is 1. The van der Waals surface area contributed by atoms with E-state index in [1.165, 1.54) is 5.56 Å². The largest absolute Gasteiger partial charge is 0.457 e. The molecule has 0 fully saturated rings. The number of rotatable bonds is 4. The topological polar surface area (TPSA) is 26.3 Å². The molecule has 0 unspecified atom stereocenters. The first kappa shape index (κ1) is 11.9. The Balaban J connectivity index is 2.45. The molecule has 2 nitrogen and oxygen atoms in total. The van der Waals surface area contributed by atoms with Crippen molar-refractivity contribution in [3.63, 3.8) is 0 Å². The lowest BCUT2D eigenvalue weighted by atomic mass is 10.1. The highest BCUT2D eigenvalue weighted by molar-refractivity contribution is 5.82. The highest BCUT2D eigenvalue weighted by Gasteiger charge is 2.13. The van der Waals surface area contributed by atoms with Gasteiger partial charge < -0.3 is 4.74 Å². The van der Waals surface area contributed by atoms with E-state index in [4.69, 9.17) is 6.11 Å². The maximum Gasteiger partial charge on any atom is 0.330 e. The normalized spacial score (nSPS) is 13.1. The van der Waals surface area contributed by atoms with Crippen LogP contribution >= 0.6 is 0 Å². The van der Waals surface area contributed by atoms with E-state index in [-0.39, 0.29) is 6.05 Å². The molecule has 0 N–H and O–H groups in total. The SMILES string of the molecule is [2H]/C(=C\CCc1ccccc1)C(=O)OC(C)(C)C. The number of hydrogen-bond donors (Lipinski definition) is 0. The van der Waals surface area contributed by atoms with Crippen LogP contribution in [0.25, 0.3) is 0 Å². The summed E-state index contributed by atoms with van der Waals surface area (Å²) >= 11 is 0. The van der Waals surface area contributed by atoms with Crippen LogP contribution < -0.4 is 0 Å². The summed E-state index contributed by atoms with van der Waals surface area (Å²) in [5.74, 6) is -0.560. The minimum absolute atomic E-state index is 0.0687. The Hall–Kier alpha value is -1.57. The lowest BCUT2D eigenvalue weighted by Gasteiger charge is -2.17.